The topological polar surface area (TPSA) is 61.4 Å². The van der Waals surface area contributed by atoms with E-state index in [4.69, 9.17) is 9.47 Å². The van der Waals surface area contributed by atoms with E-state index in [2.05, 4.69) is 56.7 Å². The van der Waals surface area contributed by atoms with Crippen molar-refractivity contribution in [2.45, 2.75) is 32.4 Å². The first kappa shape index (κ1) is 24.0. The van der Waals surface area contributed by atoms with E-state index in [1.807, 2.05) is 7.05 Å². The number of aliphatic imine (C=N–C) groups is 1. The van der Waals surface area contributed by atoms with Gasteiger partial charge in [-0.15, -0.1) is 0 Å². The van der Waals surface area contributed by atoms with Crippen LogP contribution in [0.25, 0.3) is 0 Å². The second-order valence-electron chi connectivity index (χ2n) is 8.73. The maximum absolute atomic E-state index is 5.83. The van der Waals surface area contributed by atoms with E-state index in [-0.39, 0.29) is 0 Å². The summed E-state index contributed by atoms with van der Waals surface area (Å²) < 4.78 is 11.2. The van der Waals surface area contributed by atoms with Gasteiger partial charge in [0.25, 0.3) is 0 Å². The summed E-state index contributed by atoms with van der Waals surface area (Å²) in [5, 5.41) is 6.78. The quantitative estimate of drug-likeness (QED) is 0.335. The highest BCUT2D eigenvalue weighted by molar-refractivity contribution is 5.79. The van der Waals surface area contributed by atoms with Crippen molar-refractivity contribution >= 4 is 5.96 Å². The number of benzene rings is 1. The molecule has 2 fully saturated rings. The molecular formula is C24H41N5O2. The molecule has 0 aliphatic carbocycles. The Bertz CT molecular complexity index is 638. The van der Waals surface area contributed by atoms with Gasteiger partial charge in [-0.05, 0) is 43.4 Å². The summed E-state index contributed by atoms with van der Waals surface area (Å²) >= 11 is 0. The summed E-state index contributed by atoms with van der Waals surface area (Å²) in [4.78, 5) is 9.25. The van der Waals surface area contributed by atoms with Crippen molar-refractivity contribution in [1.82, 2.24) is 20.4 Å². The largest absolute Gasteiger partial charge is 0.381 e. The minimum absolute atomic E-state index is 0.670. The lowest BCUT2D eigenvalue weighted by atomic mass is 10.0. The van der Waals surface area contributed by atoms with Crippen LogP contribution < -0.4 is 10.6 Å². The van der Waals surface area contributed by atoms with Crippen molar-refractivity contribution in [3.05, 3.63) is 35.4 Å². The predicted molar refractivity (Wildman–Crippen MR) is 126 cm³/mol. The molecule has 7 nitrogen and oxygen atoms in total. The Hall–Kier alpha value is -1.67. The zero-order valence-corrected chi connectivity index (χ0v) is 19.4. The molecule has 2 aliphatic rings. The standard InChI is InChI=1S/C24H41N5O2/c1-25-24(26-10-3-15-31-20-23-8-16-30-17-9-23)27-18-21-4-6-22(7-5-21)19-29-13-11-28(2)12-14-29/h4-7,23H,3,8-20H2,1-2H3,(H2,25,26,27). The molecule has 0 aromatic heterocycles. The number of hydrogen-bond acceptors (Lipinski definition) is 5. The van der Waals surface area contributed by atoms with E-state index < -0.39 is 0 Å². The second kappa shape index (κ2) is 13.7. The smallest absolute Gasteiger partial charge is 0.191 e. The number of guanidine groups is 1. The minimum atomic E-state index is 0.670. The monoisotopic (exact) mass is 431 g/mol. The minimum Gasteiger partial charge on any atom is -0.381 e. The molecule has 174 valence electrons. The van der Waals surface area contributed by atoms with E-state index in [1.165, 1.54) is 11.1 Å². The van der Waals surface area contributed by atoms with Gasteiger partial charge in [-0.3, -0.25) is 9.89 Å². The predicted octanol–water partition coefficient (Wildman–Crippen LogP) is 1.93. The van der Waals surface area contributed by atoms with E-state index in [0.717, 1.165) is 97.5 Å². The number of piperazine rings is 1. The number of rotatable bonds is 10. The van der Waals surface area contributed by atoms with Crippen LogP contribution in [0.3, 0.4) is 0 Å². The average molecular weight is 432 g/mol. The normalized spacial score (nSPS) is 19.5. The first-order valence-electron chi connectivity index (χ1n) is 11.8. The zero-order chi connectivity index (χ0) is 21.7. The molecule has 1 aromatic carbocycles. The van der Waals surface area contributed by atoms with Crippen LogP contribution in [0, 0.1) is 5.92 Å². The Morgan fingerprint density at radius 2 is 1.77 bits per heavy atom. The lowest BCUT2D eigenvalue weighted by Gasteiger charge is -2.32. The average Bonchev–Trinajstić information content (AvgIpc) is 2.81. The Morgan fingerprint density at radius 1 is 1.06 bits per heavy atom. The molecule has 7 heteroatoms. The number of hydrogen-bond donors (Lipinski definition) is 2. The van der Waals surface area contributed by atoms with Crippen molar-refractivity contribution in [1.29, 1.82) is 0 Å². The molecule has 0 radical (unpaired) electrons. The Morgan fingerprint density at radius 3 is 2.48 bits per heavy atom. The third-order valence-electron chi connectivity index (χ3n) is 6.16. The van der Waals surface area contributed by atoms with Crippen LogP contribution in [0.1, 0.15) is 30.4 Å². The van der Waals surface area contributed by atoms with Crippen molar-refractivity contribution in [3.8, 4) is 0 Å². The van der Waals surface area contributed by atoms with E-state index in [9.17, 15) is 0 Å². The van der Waals surface area contributed by atoms with Crippen LogP contribution in [0.4, 0.5) is 0 Å². The summed E-state index contributed by atoms with van der Waals surface area (Å²) in [5.41, 5.74) is 2.65. The molecule has 0 unspecified atom stereocenters. The van der Waals surface area contributed by atoms with Crippen LogP contribution >= 0.6 is 0 Å². The highest BCUT2D eigenvalue weighted by atomic mass is 16.5. The maximum atomic E-state index is 5.83. The second-order valence-corrected chi connectivity index (χ2v) is 8.73. The molecule has 1 aromatic rings. The first-order valence-corrected chi connectivity index (χ1v) is 11.8. The molecule has 2 heterocycles. The Balaban J connectivity index is 1.26. The van der Waals surface area contributed by atoms with E-state index >= 15 is 0 Å². The molecule has 0 bridgehead atoms. The van der Waals surface area contributed by atoms with Gasteiger partial charge in [-0.1, -0.05) is 24.3 Å². The van der Waals surface area contributed by atoms with E-state index in [1.54, 1.807) is 0 Å². The van der Waals surface area contributed by atoms with Gasteiger partial charge < -0.3 is 25.0 Å². The molecule has 2 N–H and O–H groups in total. The van der Waals surface area contributed by atoms with Gasteiger partial charge in [-0.25, -0.2) is 0 Å². The summed E-state index contributed by atoms with van der Waals surface area (Å²) in [6.07, 6.45) is 3.24. The van der Waals surface area contributed by atoms with Gasteiger partial charge in [0.15, 0.2) is 5.96 Å². The number of likely N-dealkylation sites (N-methyl/N-ethyl adjacent to an activating group) is 1. The van der Waals surface area contributed by atoms with Crippen molar-refractivity contribution in [2.75, 3.05) is 73.2 Å². The molecule has 2 saturated heterocycles. The van der Waals surface area contributed by atoms with E-state index in [0.29, 0.717) is 5.92 Å². The van der Waals surface area contributed by atoms with Crippen LogP contribution in [0.15, 0.2) is 29.3 Å². The zero-order valence-electron chi connectivity index (χ0n) is 19.4. The number of ether oxygens (including phenoxy) is 2. The van der Waals surface area contributed by atoms with Gasteiger partial charge in [-0.2, -0.15) is 0 Å². The van der Waals surface area contributed by atoms with Gasteiger partial charge in [0, 0.05) is 79.3 Å². The summed E-state index contributed by atoms with van der Waals surface area (Å²) in [5.74, 6) is 1.51. The summed E-state index contributed by atoms with van der Waals surface area (Å²) in [6, 6.07) is 8.94. The molecule has 0 saturated carbocycles. The Labute approximate surface area is 188 Å². The van der Waals surface area contributed by atoms with Gasteiger partial charge in [0.2, 0.25) is 0 Å². The molecule has 0 spiro atoms. The van der Waals surface area contributed by atoms with Gasteiger partial charge in [0.1, 0.15) is 0 Å². The third-order valence-corrected chi connectivity index (χ3v) is 6.16. The van der Waals surface area contributed by atoms with Crippen LogP contribution in [0.5, 0.6) is 0 Å². The molecule has 3 rings (SSSR count). The molecule has 2 aliphatic heterocycles. The van der Waals surface area contributed by atoms with Gasteiger partial charge in [0.05, 0.1) is 0 Å². The first-order chi connectivity index (χ1) is 15.2. The number of nitrogens with one attached hydrogen (secondary N) is 2. The fraction of sp³-hybridized carbons (Fsp3) is 0.708. The fourth-order valence-corrected chi connectivity index (χ4v) is 3.98. The van der Waals surface area contributed by atoms with Crippen molar-refractivity contribution in [3.63, 3.8) is 0 Å². The Kier molecular flexibility index (Phi) is 10.6. The molecule has 0 amide bonds. The fourth-order valence-electron chi connectivity index (χ4n) is 3.98. The lowest BCUT2D eigenvalue weighted by molar-refractivity contribution is 0.0203. The van der Waals surface area contributed by atoms with Gasteiger partial charge >= 0.3 is 0 Å². The molecule has 31 heavy (non-hydrogen) atoms. The molecular weight excluding hydrogens is 390 g/mol. The summed E-state index contributed by atoms with van der Waals surface area (Å²) in [6.45, 7) is 10.7. The van der Waals surface area contributed by atoms with Crippen LogP contribution in [-0.4, -0.2) is 89.0 Å². The highest BCUT2D eigenvalue weighted by Crippen LogP contribution is 2.14. The van der Waals surface area contributed by atoms with Crippen molar-refractivity contribution < 1.29 is 9.47 Å². The van der Waals surface area contributed by atoms with Crippen LogP contribution in [-0.2, 0) is 22.6 Å². The highest BCUT2D eigenvalue weighted by Gasteiger charge is 2.14. The third kappa shape index (κ3) is 9.15. The SMILES string of the molecule is CN=C(NCCCOCC1CCOCC1)NCc1ccc(CN2CCN(C)CC2)cc1. The van der Waals surface area contributed by atoms with Crippen molar-refractivity contribution in [2.24, 2.45) is 10.9 Å². The number of nitrogens with zero attached hydrogens (tertiary/aromatic N) is 3. The van der Waals surface area contributed by atoms with Crippen LogP contribution in [0.2, 0.25) is 0 Å². The maximum Gasteiger partial charge on any atom is 0.191 e. The lowest BCUT2D eigenvalue weighted by Crippen LogP contribution is -2.43. The summed E-state index contributed by atoms with van der Waals surface area (Å²) in [7, 11) is 4.01. The molecule has 0 atom stereocenters.